The largest absolute Gasteiger partial charge is 0.353 e. The number of rotatable bonds is 2. The molecular weight excluding hydrogens is 224 g/mol. The monoisotopic (exact) mass is 248 g/mol. The number of piperazine rings is 1. The summed E-state index contributed by atoms with van der Waals surface area (Å²) in [7, 11) is 2.19. The molecule has 0 saturated carbocycles. The number of pyridine rings is 1. The normalized spacial score (nSPS) is 20.2. The number of aryl methyl sites for hydroxylation is 1. The van der Waals surface area contributed by atoms with Crippen molar-refractivity contribution in [1.82, 2.24) is 9.88 Å². The molecule has 0 spiro atoms. The number of hydrogen-bond acceptors (Lipinski definition) is 4. The van der Waals surface area contributed by atoms with Gasteiger partial charge in [-0.25, -0.2) is 4.98 Å². The average molecular weight is 248 g/mol. The smallest absolute Gasteiger partial charge is 0.133 e. The van der Waals surface area contributed by atoms with E-state index in [-0.39, 0.29) is 5.54 Å². The van der Waals surface area contributed by atoms with E-state index < -0.39 is 0 Å². The topological polar surface area (TPSA) is 45.4 Å². The van der Waals surface area contributed by atoms with Gasteiger partial charge >= 0.3 is 0 Å². The maximum Gasteiger partial charge on any atom is 0.133 e. The number of likely N-dealkylation sites (N-methyl/N-ethyl adjacent to an activating group) is 1. The first-order valence-electron chi connectivity index (χ1n) is 6.57. The maximum absolute atomic E-state index is 5.83. The van der Waals surface area contributed by atoms with Crippen LogP contribution in [0.5, 0.6) is 0 Å². The van der Waals surface area contributed by atoms with Crippen molar-refractivity contribution in [2.45, 2.75) is 32.9 Å². The lowest BCUT2D eigenvalue weighted by Gasteiger charge is -2.46. The Morgan fingerprint density at radius 1 is 1.33 bits per heavy atom. The number of hydrogen-bond donors (Lipinski definition) is 1. The van der Waals surface area contributed by atoms with Crippen LogP contribution >= 0.6 is 0 Å². The van der Waals surface area contributed by atoms with Crippen molar-refractivity contribution in [3.8, 4) is 0 Å². The van der Waals surface area contributed by atoms with E-state index in [2.05, 4.69) is 41.7 Å². The minimum atomic E-state index is 0.176. The van der Waals surface area contributed by atoms with Gasteiger partial charge < -0.3 is 10.6 Å². The highest BCUT2D eigenvalue weighted by Crippen LogP contribution is 2.25. The third-order valence-corrected chi connectivity index (χ3v) is 3.93. The minimum absolute atomic E-state index is 0.176. The lowest BCUT2D eigenvalue weighted by Crippen LogP contribution is -2.58. The number of nitrogens with zero attached hydrogens (tertiary/aromatic N) is 3. The van der Waals surface area contributed by atoms with Gasteiger partial charge in [0.05, 0.1) is 0 Å². The molecule has 0 amide bonds. The molecular formula is C14H24N4. The Morgan fingerprint density at radius 3 is 2.67 bits per heavy atom. The molecule has 0 aliphatic carbocycles. The van der Waals surface area contributed by atoms with Crippen LogP contribution in [0.25, 0.3) is 0 Å². The van der Waals surface area contributed by atoms with Crippen molar-refractivity contribution in [3.63, 3.8) is 0 Å². The van der Waals surface area contributed by atoms with Crippen molar-refractivity contribution in [2.24, 2.45) is 5.73 Å². The van der Waals surface area contributed by atoms with Crippen LogP contribution in [0, 0.1) is 6.92 Å². The molecule has 0 unspecified atom stereocenters. The summed E-state index contributed by atoms with van der Waals surface area (Å²) >= 11 is 0. The highest BCUT2D eigenvalue weighted by Gasteiger charge is 2.32. The Balaban J connectivity index is 2.29. The van der Waals surface area contributed by atoms with Crippen LogP contribution in [0.4, 0.5) is 5.82 Å². The van der Waals surface area contributed by atoms with E-state index in [1.165, 1.54) is 0 Å². The van der Waals surface area contributed by atoms with Gasteiger partial charge in [-0.2, -0.15) is 0 Å². The van der Waals surface area contributed by atoms with Gasteiger partial charge in [0.15, 0.2) is 0 Å². The van der Waals surface area contributed by atoms with Gasteiger partial charge in [-0.15, -0.1) is 0 Å². The van der Waals surface area contributed by atoms with Crippen LogP contribution in [0.1, 0.15) is 25.1 Å². The van der Waals surface area contributed by atoms with E-state index >= 15 is 0 Å². The van der Waals surface area contributed by atoms with E-state index in [1.807, 2.05) is 13.0 Å². The summed E-state index contributed by atoms with van der Waals surface area (Å²) in [5.74, 6) is 1.07. The van der Waals surface area contributed by atoms with Gasteiger partial charge in [0.1, 0.15) is 5.82 Å². The van der Waals surface area contributed by atoms with Gasteiger partial charge in [-0.3, -0.25) is 4.90 Å². The Labute approximate surface area is 110 Å². The predicted octanol–water partition coefficient (Wildman–Crippen LogP) is 1.38. The van der Waals surface area contributed by atoms with Crippen LogP contribution in [0.15, 0.2) is 12.1 Å². The first-order valence-corrected chi connectivity index (χ1v) is 6.57. The number of aromatic nitrogens is 1. The molecule has 4 nitrogen and oxygen atoms in total. The molecule has 1 aromatic rings. The Bertz CT molecular complexity index is 428. The molecule has 1 aromatic heterocycles. The molecule has 0 radical (unpaired) electrons. The second-order valence-electron chi connectivity index (χ2n) is 5.80. The number of nitrogens with two attached hydrogens (primary N) is 1. The summed E-state index contributed by atoms with van der Waals surface area (Å²) < 4.78 is 0. The third-order valence-electron chi connectivity index (χ3n) is 3.93. The van der Waals surface area contributed by atoms with Gasteiger partial charge in [-0.1, -0.05) is 6.07 Å². The standard InChI is InChI=1S/C14H24N4/c1-11-5-6-12(9-15)13(16-11)18-8-7-17(4)14(2,3)10-18/h5-6H,7-10,15H2,1-4H3. The molecule has 100 valence electrons. The molecule has 2 heterocycles. The third kappa shape index (κ3) is 2.49. The van der Waals surface area contributed by atoms with Crippen molar-refractivity contribution < 1.29 is 0 Å². The zero-order valence-corrected chi connectivity index (χ0v) is 11.9. The second-order valence-corrected chi connectivity index (χ2v) is 5.80. The summed E-state index contributed by atoms with van der Waals surface area (Å²) in [4.78, 5) is 9.46. The SMILES string of the molecule is Cc1ccc(CN)c(N2CCN(C)C(C)(C)C2)n1. The van der Waals surface area contributed by atoms with E-state index in [0.29, 0.717) is 6.54 Å². The summed E-state index contributed by atoms with van der Waals surface area (Å²) in [5, 5.41) is 0. The average Bonchev–Trinajstić information content (AvgIpc) is 2.32. The van der Waals surface area contributed by atoms with E-state index in [9.17, 15) is 0 Å². The van der Waals surface area contributed by atoms with Gasteiger partial charge in [0.25, 0.3) is 0 Å². The van der Waals surface area contributed by atoms with Gasteiger partial charge in [-0.05, 0) is 33.9 Å². The maximum atomic E-state index is 5.83. The highest BCUT2D eigenvalue weighted by atomic mass is 15.3. The van der Waals surface area contributed by atoms with E-state index in [4.69, 9.17) is 5.73 Å². The quantitative estimate of drug-likeness (QED) is 0.859. The zero-order chi connectivity index (χ0) is 13.3. The van der Waals surface area contributed by atoms with Crippen molar-refractivity contribution in [1.29, 1.82) is 0 Å². The van der Waals surface area contributed by atoms with E-state index in [0.717, 1.165) is 36.7 Å². The lowest BCUT2D eigenvalue weighted by atomic mass is 9.99. The fourth-order valence-electron chi connectivity index (χ4n) is 2.43. The molecule has 18 heavy (non-hydrogen) atoms. The Kier molecular flexibility index (Phi) is 3.59. The molecule has 1 saturated heterocycles. The predicted molar refractivity (Wildman–Crippen MR) is 75.8 cm³/mol. The van der Waals surface area contributed by atoms with Crippen LogP contribution in [-0.2, 0) is 6.54 Å². The summed E-state index contributed by atoms with van der Waals surface area (Å²) in [6, 6.07) is 4.13. The molecule has 4 heteroatoms. The molecule has 0 atom stereocenters. The minimum Gasteiger partial charge on any atom is -0.353 e. The van der Waals surface area contributed by atoms with Crippen LogP contribution in [0.3, 0.4) is 0 Å². The van der Waals surface area contributed by atoms with Crippen molar-refractivity contribution in [2.75, 3.05) is 31.6 Å². The molecule has 1 aliphatic heterocycles. The Hall–Kier alpha value is -1.13. The molecule has 0 aromatic carbocycles. The first kappa shape index (κ1) is 13.3. The van der Waals surface area contributed by atoms with Crippen molar-refractivity contribution >= 4 is 5.82 Å². The second kappa shape index (κ2) is 4.86. The van der Waals surface area contributed by atoms with Crippen molar-refractivity contribution in [3.05, 3.63) is 23.4 Å². The fourth-order valence-corrected chi connectivity index (χ4v) is 2.43. The van der Waals surface area contributed by atoms with Gasteiger partial charge in [0, 0.05) is 43.0 Å². The summed E-state index contributed by atoms with van der Waals surface area (Å²) in [6.45, 7) is 10.2. The zero-order valence-electron chi connectivity index (χ0n) is 11.9. The molecule has 0 bridgehead atoms. The molecule has 1 aliphatic rings. The molecule has 1 fully saturated rings. The van der Waals surface area contributed by atoms with Crippen LogP contribution in [0.2, 0.25) is 0 Å². The lowest BCUT2D eigenvalue weighted by molar-refractivity contribution is 0.138. The van der Waals surface area contributed by atoms with Gasteiger partial charge in [0.2, 0.25) is 0 Å². The Morgan fingerprint density at radius 2 is 2.06 bits per heavy atom. The number of anilines is 1. The molecule has 2 N–H and O–H groups in total. The summed E-state index contributed by atoms with van der Waals surface area (Å²) in [5.41, 5.74) is 8.20. The first-order chi connectivity index (χ1) is 8.44. The van der Waals surface area contributed by atoms with E-state index in [1.54, 1.807) is 0 Å². The fraction of sp³-hybridized carbons (Fsp3) is 0.643. The summed E-state index contributed by atoms with van der Waals surface area (Å²) in [6.07, 6.45) is 0. The molecule has 2 rings (SSSR count). The highest BCUT2D eigenvalue weighted by molar-refractivity contribution is 5.48. The van der Waals surface area contributed by atoms with Crippen LogP contribution in [-0.4, -0.2) is 42.1 Å². The van der Waals surface area contributed by atoms with Crippen LogP contribution < -0.4 is 10.6 Å².